The molecule has 0 radical (unpaired) electrons. The predicted molar refractivity (Wildman–Crippen MR) is 92.8 cm³/mol. The van der Waals surface area contributed by atoms with Crippen LogP contribution in [0.1, 0.15) is 38.7 Å². The Morgan fingerprint density at radius 1 is 1.39 bits per heavy atom. The van der Waals surface area contributed by atoms with E-state index in [-0.39, 0.29) is 5.91 Å². The second-order valence-corrected chi connectivity index (χ2v) is 6.12. The van der Waals surface area contributed by atoms with Crippen molar-refractivity contribution >= 4 is 12.0 Å². The normalized spacial score (nSPS) is 15.5. The zero-order valence-electron chi connectivity index (χ0n) is 14.5. The lowest BCUT2D eigenvalue weighted by Crippen LogP contribution is -2.35. The van der Waals surface area contributed by atoms with Gasteiger partial charge in [-0.3, -0.25) is 4.79 Å². The van der Waals surface area contributed by atoms with Crippen molar-refractivity contribution in [1.29, 1.82) is 0 Å². The molecular formula is C19H27NO3. The van der Waals surface area contributed by atoms with Crippen molar-refractivity contribution < 1.29 is 14.3 Å². The molecule has 0 bridgehead atoms. The maximum atomic E-state index is 12.2. The minimum atomic E-state index is 0.0367. The van der Waals surface area contributed by atoms with Crippen molar-refractivity contribution in [2.45, 2.75) is 39.2 Å². The number of hydrogen-bond acceptors (Lipinski definition) is 3. The van der Waals surface area contributed by atoms with E-state index >= 15 is 0 Å². The van der Waals surface area contributed by atoms with Crippen LogP contribution in [0.3, 0.4) is 0 Å². The highest BCUT2D eigenvalue weighted by molar-refractivity contribution is 5.91. The molecule has 1 amide bonds. The molecule has 0 spiro atoms. The number of likely N-dealkylation sites (N-methyl/N-ethyl adjacent to an activating group) is 1. The molecule has 0 aliphatic heterocycles. The van der Waals surface area contributed by atoms with Crippen LogP contribution >= 0.6 is 0 Å². The summed E-state index contributed by atoms with van der Waals surface area (Å²) in [6, 6.07) is 6.02. The van der Waals surface area contributed by atoms with Gasteiger partial charge in [0.1, 0.15) is 0 Å². The van der Waals surface area contributed by atoms with Crippen molar-refractivity contribution in [1.82, 2.24) is 4.90 Å². The first-order valence-electron chi connectivity index (χ1n) is 8.32. The Morgan fingerprint density at radius 3 is 2.74 bits per heavy atom. The molecule has 1 fully saturated rings. The first-order valence-corrected chi connectivity index (χ1v) is 8.32. The summed E-state index contributed by atoms with van der Waals surface area (Å²) in [7, 11) is 3.50. The van der Waals surface area contributed by atoms with Gasteiger partial charge < -0.3 is 14.4 Å². The first-order chi connectivity index (χ1) is 11.1. The molecule has 1 unspecified atom stereocenters. The number of ether oxygens (including phenoxy) is 2. The van der Waals surface area contributed by atoms with Crippen LogP contribution in [0.4, 0.5) is 0 Å². The molecule has 0 saturated heterocycles. The van der Waals surface area contributed by atoms with Crippen LogP contribution in [-0.2, 0) is 4.79 Å². The molecule has 0 N–H and O–H groups in total. The van der Waals surface area contributed by atoms with Gasteiger partial charge in [-0.25, -0.2) is 0 Å². The second-order valence-electron chi connectivity index (χ2n) is 6.12. The molecule has 0 aromatic heterocycles. The van der Waals surface area contributed by atoms with Crippen molar-refractivity contribution in [3.63, 3.8) is 0 Å². The molecule has 126 valence electrons. The lowest BCUT2D eigenvalue weighted by atomic mass is 10.1. The molecule has 1 aliphatic rings. The number of carbonyl (C=O) groups excluding carboxylic acids is 1. The molecule has 1 aliphatic carbocycles. The van der Waals surface area contributed by atoms with Crippen LogP contribution in [0.2, 0.25) is 0 Å². The van der Waals surface area contributed by atoms with Gasteiger partial charge in [-0.1, -0.05) is 13.0 Å². The topological polar surface area (TPSA) is 38.8 Å². The molecule has 1 aromatic carbocycles. The van der Waals surface area contributed by atoms with Gasteiger partial charge in [-0.2, -0.15) is 0 Å². The lowest BCUT2D eigenvalue weighted by molar-refractivity contribution is -0.126. The van der Waals surface area contributed by atoms with Gasteiger partial charge >= 0.3 is 0 Å². The molecule has 2 rings (SSSR count). The van der Waals surface area contributed by atoms with Gasteiger partial charge in [0.25, 0.3) is 0 Å². The second kappa shape index (κ2) is 8.04. The van der Waals surface area contributed by atoms with E-state index in [0.29, 0.717) is 24.3 Å². The first kappa shape index (κ1) is 17.4. The zero-order valence-corrected chi connectivity index (χ0v) is 14.5. The Morgan fingerprint density at radius 2 is 2.13 bits per heavy atom. The van der Waals surface area contributed by atoms with E-state index in [4.69, 9.17) is 9.47 Å². The Hall–Kier alpha value is -1.97. The molecule has 4 nitrogen and oxygen atoms in total. The van der Waals surface area contributed by atoms with E-state index in [1.54, 1.807) is 13.2 Å². The van der Waals surface area contributed by atoms with Gasteiger partial charge in [-0.05, 0) is 55.9 Å². The molecule has 1 atom stereocenters. The van der Waals surface area contributed by atoms with Crippen LogP contribution in [0.15, 0.2) is 24.3 Å². The Labute approximate surface area is 139 Å². The SMILES string of the molecule is CCCOc1ccc(/C=C/C(=O)N(C)C(C)C2CC2)cc1OC. The Kier molecular flexibility index (Phi) is 6.08. The maximum absolute atomic E-state index is 12.2. The number of amides is 1. The summed E-state index contributed by atoms with van der Waals surface area (Å²) < 4.78 is 11.0. The van der Waals surface area contributed by atoms with E-state index in [2.05, 4.69) is 13.8 Å². The number of benzene rings is 1. The number of rotatable bonds is 8. The summed E-state index contributed by atoms with van der Waals surface area (Å²) in [5.41, 5.74) is 0.923. The highest BCUT2D eigenvalue weighted by Crippen LogP contribution is 2.34. The monoisotopic (exact) mass is 317 g/mol. The molecule has 1 saturated carbocycles. The Balaban J connectivity index is 2.02. The van der Waals surface area contributed by atoms with Crippen LogP contribution < -0.4 is 9.47 Å². The van der Waals surface area contributed by atoms with Crippen molar-refractivity contribution in [2.24, 2.45) is 5.92 Å². The quantitative estimate of drug-likeness (QED) is 0.685. The summed E-state index contributed by atoms with van der Waals surface area (Å²) in [5, 5.41) is 0. The van der Waals surface area contributed by atoms with E-state index in [1.807, 2.05) is 36.2 Å². The minimum absolute atomic E-state index is 0.0367. The maximum Gasteiger partial charge on any atom is 0.246 e. The highest BCUT2D eigenvalue weighted by atomic mass is 16.5. The molecular weight excluding hydrogens is 290 g/mol. The van der Waals surface area contributed by atoms with Gasteiger partial charge in [0.15, 0.2) is 11.5 Å². The van der Waals surface area contributed by atoms with E-state index in [9.17, 15) is 4.79 Å². The third-order valence-corrected chi connectivity index (χ3v) is 4.33. The number of carbonyl (C=O) groups is 1. The third-order valence-electron chi connectivity index (χ3n) is 4.33. The highest BCUT2D eigenvalue weighted by Gasteiger charge is 2.31. The van der Waals surface area contributed by atoms with E-state index in [0.717, 1.165) is 17.7 Å². The predicted octanol–water partition coefficient (Wildman–Crippen LogP) is 3.75. The number of nitrogens with zero attached hydrogens (tertiary/aromatic N) is 1. The third kappa shape index (κ3) is 4.75. The van der Waals surface area contributed by atoms with E-state index < -0.39 is 0 Å². The smallest absolute Gasteiger partial charge is 0.246 e. The van der Waals surface area contributed by atoms with Crippen molar-refractivity contribution in [3.8, 4) is 11.5 Å². The number of hydrogen-bond donors (Lipinski definition) is 0. The van der Waals surface area contributed by atoms with Crippen molar-refractivity contribution in [3.05, 3.63) is 29.8 Å². The van der Waals surface area contributed by atoms with E-state index in [1.165, 1.54) is 12.8 Å². The van der Waals surface area contributed by atoms with Crippen LogP contribution in [-0.4, -0.2) is 37.6 Å². The molecule has 4 heteroatoms. The fourth-order valence-electron chi connectivity index (χ4n) is 2.50. The summed E-state index contributed by atoms with van der Waals surface area (Å²) in [4.78, 5) is 14.1. The summed E-state index contributed by atoms with van der Waals surface area (Å²) >= 11 is 0. The van der Waals surface area contributed by atoms with Crippen LogP contribution in [0, 0.1) is 5.92 Å². The molecule has 0 heterocycles. The van der Waals surface area contributed by atoms with Gasteiger partial charge in [0.05, 0.1) is 13.7 Å². The lowest BCUT2D eigenvalue weighted by Gasteiger charge is -2.23. The van der Waals surface area contributed by atoms with Crippen LogP contribution in [0.25, 0.3) is 6.08 Å². The summed E-state index contributed by atoms with van der Waals surface area (Å²) in [6.07, 6.45) is 6.87. The Bertz CT molecular complexity index is 564. The standard InChI is InChI=1S/C19H27NO3/c1-5-12-23-17-10-6-15(13-18(17)22-4)7-11-19(21)20(3)14(2)16-8-9-16/h6-7,10-11,13-14,16H,5,8-9,12H2,1-4H3/b11-7+. The number of methoxy groups -OCH3 is 1. The van der Waals surface area contributed by atoms with Crippen LogP contribution in [0.5, 0.6) is 11.5 Å². The van der Waals surface area contributed by atoms with Crippen molar-refractivity contribution in [2.75, 3.05) is 20.8 Å². The average molecular weight is 317 g/mol. The van der Waals surface area contributed by atoms with Gasteiger partial charge in [0.2, 0.25) is 5.91 Å². The average Bonchev–Trinajstić information content (AvgIpc) is 3.41. The fraction of sp³-hybridized carbons (Fsp3) is 0.526. The summed E-state index contributed by atoms with van der Waals surface area (Å²) in [6.45, 7) is 4.84. The minimum Gasteiger partial charge on any atom is -0.493 e. The van der Waals surface area contributed by atoms with Gasteiger partial charge in [0, 0.05) is 19.2 Å². The molecule has 1 aromatic rings. The zero-order chi connectivity index (χ0) is 16.8. The molecule has 23 heavy (non-hydrogen) atoms. The largest absolute Gasteiger partial charge is 0.493 e. The summed E-state index contributed by atoms with van der Waals surface area (Å²) in [5.74, 6) is 2.13. The fourth-order valence-corrected chi connectivity index (χ4v) is 2.50. The van der Waals surface area contributed by atoms with Gasteiger partial charge in [-0.15, -0.1) is 0 Å².